The van der Waals surface area contributed by atoms with Crippen molar-refractivity contribution >= 4 is 11.9 Å². The van der Waals surface area contributed by atoms with E-state index in [0.29, 0.717) is 5.69 Å². The van der Waals surface area contributed by atoms with Gasteiger partial charge in [0, 0.05) is 6.20 Å². The molecular weight excluding hydrogens is 306 g/mol. The first-order chi connectivity index (χ1) is 11.5. The third-order valence-corrected chi connectivity index (χ3v) is 3.55. The summed E-state index contributed by atoms with van der Waals surface area (Å²) in [5.74, 6) is -1.02. The molecular formula is C18H21N3O3. The van der Waals surface area contributed by atoms with Crippen LogP contribution in [-0.2, 0) is 9.53 Å². The van der Waals surface area contributed by atoms with E-state index in [-0.39, 0.29) is 24.2 Å². The minimum atomic E-state index is -0.666. The topological polar surface area (TPSA) is 81.2 Å². The molecule has 126 valence electrons. The van der Waals surface area contributed by atoms with E-state index in [1.807, 2.05) is 38.1 Å². The zero-order valence-corrected chi connectivity index (χ0v) is 14.1. The van der Waals surface area contributed by atoms with Crippen molar-refractivity contribution < 1.29 is 14.3 Å². The van der Waals surface area contributed by atoms with Gasteiger partial charge in [0.25, 0.3) is 5.91 Å². The van der Waals surface area contributed by atoms with Crippen LogP contribution in [0.25, 0.3) is 0 Å². The van der Waals surface area contributed by atoms with E-state index in [1.165, 1.54) is 12.4 Å². The van der Waals surface area contributed by atoms with Crippen molar-refractivity contribution in [3.63, 3.8) is 0 Å². The van der Waals surface area contributed by atoms with Crippen LogP contribution < -0.4 is 5.32 Å². The summed E-state index contributed by atoms with van der Waals surface area (Å²) in [6, 6.07) is 7.85. The Bertz CT molecular complexity index is 696. The van der Waals surface area contributed by atoms with Crippen molar-refractivity contribution in [3.8, 4) is 0 Å². The molecule has 6 nitrogen and oxygen atoms in total. The predicted octanol–water partition coefficient (Wildman–Crippen LogP) is 2.52. The third-order valence-electron chi connectivity index (χ3n) is 3.55. The average Bonchev–Trinajstić information content (AvgIpc) is 2.59. The minimum absolute atomic E-state index is 0.0824. The first kappa shape index (κ1) is 17.6. The first-order valence-corrected chi connectivity index (χ1v) is 7.81. The summed E-state index contributed by atoms with van der Waals surface area (Å²) in [5.41, 5.74) is 2.97. The molecule has 2 aromatic rings. The summed E-state index contributed by atoms with van der Waals surface area (Å²) >= 11 is 0. The number of hydrogen-bond donors (Lipinski definition) is 1. The van der Waals surface area contributed by atoms with E-state index in [2.05, 4.69) is 15.3 Å². The second-order valence-electron chi connectivity index (χ2n) is 5.56. The average molecular weight is 327 g/mol. The van der Waals surface area contributed by atoms with Gasteiger partial charge in [-0.3, -0.25) is 9.78 Å². The Kier molecular flexibility index (Phi) is 6.01. The number of amides is 1. The summed E-state index contributed by atoms with van der Waals surface area (Å²) < 4.78 is 4.98. The zero-order chi connectivity index (χ0) is 17.5. The molecule has 24 heavy (non-hydrogen) atoms. The fourth-order valence-electron chi connectivity index (χ4n) is 2.16. The number of nitrogens with one attached hydrogen (secondary N) is 1. The highest BCUT2D eigenvalue weighted by Gasteiger charge is 2.15. The van der Waals surface area contributed by atoms with Crippen molar-refractivity contribution in [2.75, 3.05) is 6.61 Å². The van der Waals surface area contributed by atoms with E-state index in [1.54, 1.807) is 6.92 Å². The Hall–Kier alpha value is -2.76. The van der Waals surface area contributed by atoms with E-state index < -0.39 is 5.97 Å². The molecule has 0 radical (unpaired) electrons. The Morgan fingerprint density at radius 1 is 1.12 bits per heavy atom. The highest BCUT2D eigenvalue weighted by molar-refractivity contribution is 5.89. The fourth-order valence-corrected chi connectivity index (χ4v) is 2.16. The molecule has 0 unspecified atom stereocenters. The number of ether oxygens (including phenoxy) is 1. The standard InChI is InChI=1S/C18H21N3O3/c1-4-15(14-7-5-12(2)6-8-14)21-17(22)11-24-18(23)16-10-19-13(3)9-20-16/h5-10,15H,4,11H2,1-3H3,(H,21,22)/t15-/m1/s1. The van der Waals surface area contributed by atoms with Crippen LogP contribution >= 0.6 is 0 Å². The number of aryl methyl sites for hydroxylation is 2. The molecule has 0 aliphatic carbocycles. The Labute approximate surface area is 141 Å². The van der Waals surface area contributed by atoms with Crippen LogP contribution in [0.1, 0.15) is 46.7 Å². The molecule has 0 fully saturated rings. The van der Waals surface area contributed by atoms with Crippen molar-refractivity contribution in [2.24, 2.45) is 0 Å². The van der Waals surface area contributed by atoms with Gasteiger partial charge in [-0.25, -0.2) is 9.78 Å². The van der Waals surface area contributed by atoms with Gasteiger partial charge < -0.3 is 10.1 Å². The molecule has 0 aliphatic heterocycles. The van der Waals surface area contributed by atoms with Gasteiger partial charge in [0.15, 0.2) is 12.3 Å². The monoisotopic (exact) mass is 327 g/mol. The lowest BCUT2D eigenvalue weighted by atomic mass is 10.0. The molecule has 1 heterocycles. The Morgan fingerprint density at radius 3 is 2.42 bits per heavy atom. The summed E-state index contributed by atoms with van der Waals surface area (Å²) in [6.45, 7) is 5.41. The lowest BCUT2D eigenvalue weighted by Gasteiger charge is -2.17. The Balaban J connectivity index is 1.88. The molecule has 6 heteroatoms. The van der Waals surface area contributed by atoms with Crippen LogP contribution in [0.2, 0.25) is 0 Å². The SMILES string of the molecule is CC[C@@H](NC(=O)COC(=O)c1cnc(C)cn1)c1ccc(C)cc1. The highest BCUT2D eigenvalue weighted by atomic mass is 16.5. The number of nitrogens with zero attached hydrogens (tertiary/aromatic N) is 2. The molecule has 0 aliphatic rings. The maximum absolute atomic E-state index is 12.0. The summed E-state index contributed by atoms with van der Waals surface area (Å²) in [4.78, 5) is 31.7. The molecule has 1 amide bonds. The normalized spacial score (nSPS) is 11.6. The Morgan fingerprint density at radius 2 is 1.83 bits per heavy atom. The third kappa shape index (κ3) is 4.87. The predicted molar refractivity (Wildman–Crippen MR) is 89.4 cm³/mol. The molecule has 1 atom stereocenters. The largest absolute Gasteiger partial charge is 0.451 e. The van der Waals surface area contributed by atoms with E-state index >= 15 is 0 Å². The van der Waals surface area contributed by atoms with Gasteiger partial charge in [-0.15, -0.1) is 0 Å². The van der Waals surface area contributed by atoms with Crippen LogP contribution in [0.15, 0.2) is 36.7 Å². The van der Waals surface area contributed by atoms with Crippen LogP contribution in [0.4, 0.5) is 0 Å². The highest BCUT2D eigenvalue weighted by Crippen LogP contribution is 2.17. The number of carbonyl (C=O) groups excluding carboxylic acids is 2. The van der Waals surface area contributed by atoms with Crippen LogP contribution in [0.3, 0.4) is 0 Å². The molecule has 0 bridgehead atoms. The van der Waals surface area contributed by atoms with E-state index in [0.717, 1.165) is 17.5 Å². The lowest BCUT2D eigenvalue weighted by molar-refractivity contribution is -0.125. The van der Waals surface area contributed by atoms with E-state index in [4.69, 9.17) is 4.74 Å². The quantitative estimate of drug-likeness (QED) is 0.825. The maximum atomic E-state index is 12.0. The lowest BCUT2D eigenvalue weighted by Crippen LogP contribution is -2.32. The zero-order valence-electron chi connectivity index (χ0n) is 14.1. The molecule has 1 aromatic heterocycles. The van der Waals surface area contributed by atoms with Crippen LogP contribution in [0, 0.1) is 13.8 Å². The van der Waals surface area contributed by atoms with Gasteiger partial charge in [0.2, 0.25) is 0 Å². The number of hydrogen-bond acceptors (Lipinski definition) is 5. The van der Waals surface area contributed by atoms with E-state index in [9.17, 15) is 9.59 Å². The maximum Gasteiger partial charge on any atom is 0.359 e. The molecule has 1 aromatic carbocycles. The minimum Gasteiger partial charge on any atom is -0.451 e. The summed E-state index contributed by atoms with van der Waals surface area (Å²) in [7, 11) is 0. The van der Waals surface area contributed by atoms with Crippen molar-refractivity contribution in [2.45, 2.75) is 33.2 Å². The van der Waals surface area contributed by atoms with Gasteiger partial charge in [-0.1, -0.05) is 36.8 Å². The first-order valence-electron chi connectivity index (χ1n) is 7.81. The van der Waals surface area contributed by atoms with Gasteiger partial charge in [-0.2, -0.15) is 0 Å². The van der Waals surface area contributed by atoms with Crippen molar-refractivity contribution in [3.05, 3.63) is 59.2 Å². The number of esters is 1. The number of benzene rings is 1. The van der Waals surface area contributed by atoms with Crippen LogP contribution in [0.5, 0.6) is 0 Å². The van der Waals surface area contributed by atoms with Gasteiger partial charge in [-0.05, 0) is 25.8 Å². The second kappa shape index (κ2) is 8.19. The number of aromatic nitrogens is 2. The number of carbonyl (C=O) groups is 2. The van der Waals surface area contributed by atoms with Crippen molar-refractivity contribution in [1.82, 2.24) is 15.3 Å². The van der Waals surface area contributed by atoms with Crippen LogP contribution in [-0.4, -0.2) is 28.5 Å². The molecule has 0 saturated carbocycles. The summed E-state index contributed by atoms with van der Waals surface area (Å²) in [6.07, 6.45) is 3.55. The fraction of sp³-hybridized carbons (Fsp3) is 0.333. The smallest absolute Gasteiger partial charge is 0.359 e. The van der Waals surface area contributed by atoms with Gasteiger partial charge >= 0.3 is 5.97 Å². The van der Waals surface area contributed by atoms with Crippen molar-refractivity contribution in [1.29, 1.82) is 0 Å². The molecule has 2 rings (SSSR count). The second-order valence-corrected chi connectivity index (χ2v) is 5.56. The molecule has 1 N–H and O–H groups in total. The van der Waals surface area contributed by atoms with Gasteiger partial charge in [0.1, 0.15) is 0 Å². The van der Waals surface area contributed by atoms with Gasteiger partial charge in [0.05, 0.1) is 17.9 Å². The molecule has 0 spiro atoms. The molecule has 0 saturated heterocycles. The number of rotatable bonds is 6. The summed E-state index contributed by atoms with van der Waals surface area (Å²) in [5, 5.41) is 2.87.